The van der Waals surface area contributed by atoms with Crippen LogP contribution in [0.1, 0.15) is 23.6 Å². The van der Waals surface area contributed by atoms with Gasteiger partial charge in [-0.05, 0) is 48.7 Å². The van der Waals surface area contributed by atoms with E-state index >= 15 is 0 Å². The van der Waals surface area contributed by atoms with Gasteiger partial charge in [-0.3, -0.25) is 9.59 Å². The van der Waals surface area contributed by atoms with E-state index in [9.17, 15) is 9.59 Å². The predicted octanol–water partition coefficient (Wildman–Crippen LogP) is 3.35. The molecule has 2 aromatic rings. The van der Waals surface area contributed by atoms with Crippen molar-refractivity contribution in [1.82, 2.24) is 5.32 Å². The summed E-state index contributed by atoms with van der Waals surface area (Å²) in [6, 6.07) is 9.21. The van der Waals surface area contributed by atoms with Crippen LogP contribution >= 0.6 is 11.6 Å². The third kappa shape index (κ3) is 4.34. The number of rotatable bonds is 5. The van der Waals surface area contributed by atoms with Crippen molar-refractivity contribution in [1.29, 1.82) is 0 Å². The largest absolute Gasteiger partial charge is 0.454 e. The fourth-order valence-electron chi connectivity index (χ4n) is 3.05. The minimum Gasteiger partial charge on any atom is -0.454 e. The summed E-state index contributed by atoms with van der Waals surface area (Å²) in [5, 5.41) is 3.27. The summed E-state index contributed by atoms with van der Waals surface area (Å²) >= 11 is 6.33. The Morgan fingerprint density at radius 2 is 1.89 bits per heavy atom. The van der Waals surface area contributed by atoms with Gasteiger partial charge in [0.25, 0.3) is 0 Å². The number of amides is 2. The molecular formula is C20H21ClN2O4. The van der Waals surface area contributed by atoms with Gasteiger partial charge >= 0.3 is 0 Å². The van der Waals surface area contributed by atoms with Crippen LogP contribution in [0.2, 0.25) is 5.02 Å². The van der Waals surface area contributed by atoms with Gasteiger partial charge in [0, 0.05) is 13.5 Å². The molecule has 6 nitrogen and oxygen atoms in total. The molecule has 0 aromatic heterocycles. The molecule has 142 valence electrons. The lowest BCUT2D eigenvalue weighted by molar-refractivity contribution is -0.123. The van der Waals surface area contributed by atoms with E-state index in [0.29, 0.717) is 28.8 Å². The van der Waals surface area contributed by atoms with Crippen LogP contribution in [0.5, 0.6) is 11.5 Å². The van der Waals surface area contributed by atoms with Gasteiger partial charge in [-0.1, -0.05) is 23.7 Å². The van der Waals surface area contributed by atoms with Crippen LogP contribution in [0.4, 0.5) is 5.69 Å². The second kappa shape index (κ2) is 7.88. The highest BCUT2D eigenvalue weighted by atomic mass is 35.5. The number of hydrogen-bond acceptors (Lipinski definition) is 4. The van der Waals surface area contributed by atoms with E-state index in [2.05, 4.69) is 5.32 Å². The first-order chi connectivity index (χ1) is 12.8. The van der Waals surface area contributed by atoms with Crippen molar-refractivity contribution in [2.24, 2.45) is 0 Å². The number of nitrogens with one attached hydrogen (secondary N) is 1. The van der Waals surface area contributed by atoms with Crippen LogP contribution in [0, 0.1) is 13.8 Å². The molecule has 1 aliphatic rings. The molecule has 1 N–H and O–H groups in total. The summed E-state index contributed by atoms with van der Waals surface area (Å²) < 4.78 is 10.6. The first-order valence-corrected chi connectivity index (χ1v) is 8.93. The fraction of sp³-hybridized carbons (Fsp3) is 0.300. The molecule has 2 amide bonds. The highest BCUT2D eigenvalue weighted by Crippen LogP contribution is 2.33. The zero-order chi connectivity index (χ0) is 19.6. The number of carbonyl (C=O) groups excluding carboxylic acids is 2. The molecule has 0 bridgehead atoms. The number of anilines is 1. The maximum atomic E-state index is 12.4. The first kappa shape index (κ1) is 19.0. The third-order valence-electron chi connectivity index (χ3n) is 4.28. The Balaban J connectivity index is 1.68. The minimum absolute atomic E-state index is 0.108. The number of fused-ring (bicyclic) bond motifs is 1. The Hall–Kier alpha value is -2.73. The summed E-state index contributed by atoms with van der Waals surface area (Å²) in [6.45, 7) is 5.63. The second-order valence-electron chi connectivity index (χ2n) is 6.48. The van der Waals surface area contributed by atoms with Gasteiger partial charge < -0.3 is 19.7 Å². The molecule has 1 heterocycles. The topological polar surface area (TPSA) is 67.9 Å². The van der Waals surface area contributed by atoms with E-state index < -0.39 is 0 Å². The molecule has 0 unspecified atom stereocenters. The molecule has 7 heteroatoms. The number of hydrogen-bond donors (Lipinski definition) is 1. The van der Waals surface area contributed by atoms with Gasteiger partial charge in [0.2, 0.25) is 18.6 Å². The van der Waals surface area contributed by atoms with Crippen LogP contribution in [0.3, 0.4) is 0 Å². The number of nitrogens with zero attached hydrogens (tertiary/aromatic N) is 1. The number of halogens is 1. The summed E-state index contributed by atoms with van der Waals surface area (Å²) in [5.74, 6) is 0.826. The van der Waals surface area contributed by atoms with Crippen molar-refractivity contribution in [2.45, 2.75) is 27.3 Å². The lowest BCUT2D eigenvalue weighted by Gasteiger charge is -2.24. The Morgan fingerprint density at radius 3 is 2.59 bits per heavy atom. The number of aryl methyl sites for hydroxylation is 2. The summed E-state index contributed by atoms with van der Waals surface area (Å²) in [5.41, 5.74) is 3.29. The monoisotopic (exact) mass is 388 g/mol. The van der Waals surface area contributed by atoms with Crippen molar-refractivity contribution in [2.75, 3.05) is 18.2 Å². The number of benzene rings is 2. The number of carbonyl (C=O) groups is 2. The maximum absolute atomic E-state index is 12.4. The first-order valence-electron chi connectivity index (χ1n) is 8.55. The fourth-order valence-corrected chi connectivity index (χ4v) is 3.47. The predicted molar refractivity (Wildman–Crippen MR) is 103 cm³/mol. The Bertz CT molecular complexity index is 875. The van der Waals surface area contributed by atoms with Gasteiger partial charge in [0.1, 0.15) is 6.54 Å². The van der Waals surface area contributed by atoms with E-state index in [-0.39, 0.29) is 25.2 Å². The van der Waals surface area contributed by atoms with Gasteiger partial charge in [0.15, 0.2) is 11.5 Å². The Labute approximate surface area is 163 Å². The standard InChI is InChI=1S/C20H21ClN2O4/c1-12-6-13(2)20(16(21)7-12)23(14(3)24)10-19(25)22-9-15-4-5-17-18(8-15)27-11-26-17/h4-8H,9-11H2,1-3H3,(H,22,25). The van der Waals surface area contributed by atoms with Crippen molar-refractivity contribution in [3.05, 3.63) is 52.0 Å². The molecule has 0 spiro atoms. The molecule has 0 fully saturated rings. The van der Waals surface area contributed by atoms with Crippen LogP contribution < -0.4 is 19.7 Å². The van der Waals surface area contributed by atoms with E-state index in [1.54, 1.807) is 12.1 Å². The summed E-state index contributed by atoms with van der Waals surface area (Å²) in [7, 11) is 0. The number of ether oxygens (including phenoxy) is 2. The average Bonchev–Trinajstić information content (AvgIpc) is 3.05. The summed E-state index contributed by atoms with van der Waals surface area (Å²) in [4.78, 5) is 25.9. The molecule has 0 saturated heterocycles. The van der Waals surface area contributed by atoms with E-state index in [1.165, 1.54) is 11.8 Å². The van der Waals surface area contributed by atoms with Gasteiger partial charge in [-0.15, -0.1) is 0 Å². The van der Waals surface area contributed by atoms with Crippen molar-refractivity contribution in [3.63, 3.8) is 0 Å². The SMILES string of the molecule is CC(=O)N(CC(=O)NCc1ccc2c(c1)OCO2)c1c(C)cc(C)cc1Cl. The smallest absolute Gasteiger partial charge is 0.240 e. The molecule has 0 atom stereocenters. The Kier molecular flexibility index (Phi) is 5.56. The van der Waals surface area contributed by atoms with Crippen LogP contribution in [-0.2, 0) is 16.1 Å². The van der Waals surface area contributed by atoms with Crippen molar-refractivity contribution >= 4 is 29.1 Å². The zero-order valence-corrected chi connectivity index (χ0v) is 16.2. The van der Waals surface area contributed by atoms with Gasteiger partial charge in [0.05, 0.1) is 10.7 Å². The lowest BCUT2D eigenvalue weighted by Crippen LogP contribution is -2.40. The van der Waals surface area contributed by atoms with E-state index in [4.69, 9.17) is 21.1 Å². The Morgan fingerprint density at radius 1 is 1.15 bits per heavy atom. The molecule has 2 aromatic carbocycles. The van der Waals surface area contributed by atoms with Crippen molar-refractivity contribution < 1.29 is 19.1 Å². The van der Waals surface area contributed by atoms with Gasteiger partial charge in [-0.2, -0.15) is 0 Å². The summed E-state index contributed by atoms with van der Waals surface area (Å²) in [6.07, 6.45) is 0. The van der Waals surface area contributed by atoms with Crippen molar-refractivity contribution in [3.8, 4) is 11.5 Å². The highest BCUT2D eigenvalue weighted by molar-refractivity contribution is 6.34. The zero-order valence-electron chi connectivity index (χ0n) is 15.5. The molecule has 1 aliphatic heterocycles. The third-order valence-corrected chi connectivity index (χ3v) is 4.56. The second-order valence-corrected chi connectivity index (χ2v) is 6.89. The molecule has 27 heavy (non-hydrogen) atoms. The van der Waals surface area contributed by atoms with Gasteiger partial charge in [-0.25, -0.2) is 0 Å². The maximum Gasteiger partial charge on any atom is 0.240 e. The van der Waals surface area contributed by atoms with E-state index in [1.807, 2.05) is 32.0 Å². The van der Waals surface area contributed by atoms with Crippen LogP contribution in [-0.4, -0.2) is 25.2 Å². The minimum atomic E-state index is -0.279. The quantitative estimate of drug-likeness (QED) is 0.852. The van der Waals surface area contributed by atoms with E-state index in [0.717, 1.165) is 16.7 Å². The highest BCUT2D eigenvalue weighted by Gasteiger charge is 2.21. The molecule has 0 aliphatic carbocycles. The molecule has 0 saturated carbocycles. The normalized spacial score (nSPS) is 12.0. The average molecular weight is 389 g/mol. The molecule has 3 rings (SSSR count). The lowest BCUT2D eigenvalue weighted by atomic mass is 10.1. The van der Waals surface area contributed by atoms with Crippen LogP contribution in [0.15, 0.2) is 30.3 Å². The molecular weight excluding hydrogens is 368 g/mol. The van der Waals surface area contributed by atoms with Crippen LogP contribution in [0.25, 0.3) is 0 Å². The molecule has 0 radical (unpaired) electrons.